The molecule has 0 aliphatic carbocycles. The van der Waals surface area contributed by atoms with Crippen molar-refractivity contribution < 1.29 is 13.9 Å². The van der Waals surface area contributed by atoms with Crippen LogP contribution in [-0.4, -0.2) is 34.1 Å². The molecule has 0 atom stereocenters. The monoisotopic (exact) mass is 509 g/mol. The van der Waals surface area contributed by atoms with Gasteiger partial charge in [0.1, 0.15) is 22.2 Å². The summed E-state index contributed by atoms with van der Waals surface area (Å²) in [6.07, 6.45) is 3.85. The van der Waals surface area contributed by atoms with Crippen LogP contribution >= 0.6 is 11.6 Å². The molecule has 0 spiro atoms. The fraction of sp³-hybridized carbons (Fsp3) is 0.357. The number of fused-ring (bicyclic) bond motifs is 1. The van der Waals surface area contributed by atoms with E-state index in [0.29, 0.717) is 30.1 Å². The van der Waals surface area contributed by atoms with Gasteiger partial charge in [0, 0.05) is 38.3 Å². The van der Waals surface area contributed by atoms with Crippen LogP contribution in [0.15, 0.2) is 53.5 Å². The molecule has 2 aromatic carbocycles. The molecule has 0 saturated carbocycles. The minimum Gasteiger partial charge on any atom is -0.485 e. The van der Waals surface area contributed by atoms with Gasteiger partial charge in [0.25, 0.3) is 11.5 Å². The van der Waals surface area contributed by atoms with E-state index in [2.05, 4.69) is 5.32 Å². The van der Waals surface area contributed by atoms with Crippen LogP contribution in [0.5, 0.6) is 5.75 Å². The maximum absolute atomic E-state index is 13.7. The summed E-state index contributed by atoms with van der Waals surface area (Å²) in [4.78, 5) is 28.2. The number of carbonyl (C=O) groups excluding carboxylic acids is 1. The number of aromatic nitrogens is 1. The van der Waals surface area contributed by atoms with Gasteiger partial charge in [0.05, 0.1) is 16.9 Å². The van der Waals surface area contributed by atoms with Gasteiger partial charge < -0.3 is 19.5 Å². The van der Waals surface area contributed by atoms with Crippen molar-refractivity contribution in [3.05, 3.63) is 86.5 Å². The summed E-state index contributed by atoms with van der Waals surface area (Å²) >= 11 is 6.52. The van der Waals surface area contributed by atoms with E-state index in [4.69, 9.17) is 16.3 Å². The topological polar surface area (TPSA) is 63.6 Å². The van der Waals surface area contributed by atoms with Crippen molar-refractivity contribution in [3.8, 4) is 5.75 Å². The molecule has 6 nitrogen and oxygen atoms in total. The number of nitrogens with one attached hydrogen (secondary N) is 1. The number of nitrogens with zero attached hydrogens (tertiary/aromatic N) is 2. The van der Waals surface area contributed by atoms with Crippen LogP contribution in [0.3, 0.4) is 0 Å². The Kier molecular flexibility index (Phi) is 6.29. The number of aryl methyl sites for hydroxylation is 1. The van der Waals surface area contributed by atoms with Crippen molar-refractivity contribution in [1.82, 2.24) is 9.47 Å². The van der Waals surface area contributed by atoms with E-state index >= 15 is 0 Å². The van der Waals surface area contributed by atoms with Crippen molar-refractivity contribution >= 4 is 28.9 Å². The number of pyridine rings is 1. The zero-order valence-electron chi connectivity index (χ0n) is 20.6. The molecule has 2 aliphatic rings. The van der Waals surface area contributed by atoms with Crippen LogP contribution < -0.4 is 15.6 Å². The summed E-state index contributed by atoms with van der Waals surface area (Å²) in [5, 5.41) is 3.21. The number of halogens is 2. The van der Waals surface area contributed by atoms with E-state index < -0.39 is 0 Å². The third-order valence-corrected chi connectivity index (χ3v) is 7.38. The predicted octanol–water partition coefficient (Wildman–Crippen LogP) is 5.65. The molecule has 3 aromatic rings. The van der Waals surface area contributed by atoms with Crippen molar-refractivity contribution in [1.29, 1.82) is 0 Å². The molecule has 0 radical (unpaired) electrons. The SMILES string of the molecule is Cn1cc(C(=O)N2CCC(c3ccc(F)cc3)CC2)c(Nc2cccc3c2OC(C)(C)C3)c(Cl)c1=O. The maximum atomic E-state index is 13.7. The van der Waals surface area contributed by atoms with E-state index in [1.165, 1.54) is 16.7 Å². The fourth-order valence-electron chi connectivity index (χ4n) is 5.15. The third kappa shape index (κ3) is 4.60. The Hall–Kier alpha value is -3.32. The zero-order chi connectivity index (χ0) is 25.6. The van der Waals surface area contributed by atoms with Gasteiger partial charge in [0.15, 0.2) is 0 Å². The summed E-state index contributed by atoms with van der Waals surface area (Å²) in [7, 11) is 1.58. The molecule has 0 unspecified atom stereocenters. The zero-order valence-corrected chi connectivity index (χ0v) is 21.4. The van der Waals surface area contributed by atoms with Gasteiger partial charge in [-0.1, -0.05) is 35.9 Å². The highest BCUT2D eigenvalue weighted by Crippen LogP contribution is 2.42. The van der Waals surface area contributed by atoms with E-state index in [-0.39, 0.29) is 39.5 Å². The lowest BCUT2D eigenvalue weighted by atomic mass is 9.89. The molecule has 1 N–H and O–H groups in total. The Bertz CT molecular complexity index is 1380. The lowest BCUT2D eigenvalue weighted by Crippen LogP contribution is -2.39. The van der Waals surface area contributed by atoms with Crippen LogP contribution in [-0.2, 0) is 13.5 Å². The van der Waals surface area contributed by atoms with Gasteiger partial charge >= 0.3 is 0 Å². The number of hydrogen-bond donors (Lipinski definition) is 1. The number of ether oxygens (including phenoxy) is 1. The first-order valence-corrected chi connectivity index (χ1v) is 12.5. The van der Waals surface area contributed by atoms with Crippen LogP contribution in [0.2, 0.25) is 5.02 Å². The molecule has 5 rings (SSSR count). The summed E-state index contributed by atoms with van der Waals surface area (Å²) in [5.41, 5.74) is 2.68. The number of piperidine rings is 1. The Morgan fingerprint density at radius 3 is 2.53 bits per heavy atom. The number of anilines is 2. The normalized spacial score (nSPS) is 17.0. The highest BCUT2D eigenvalue weighted by atomic mass is 35.5. The average Bonchev–Trinajstić information content (AvgIpc) is 3.19. The molecule has 1 saturated heterocycles. The lowest BCUT2D eigenvalue weighted by molar-refractivity contribution is 0.0713. The second-order valence-electron chi connectivity index (χ2n) is 10.2. The molecule has 1 amide bonds. The molecular formula is C28H29ClFN3O3. The van der Waals surface area contributed by atoms with Gasteiger partial charge in [0.2, 0.25) is 0 Å². The maximum Gasteiger partial charge on any atom is 0.271 e. The molecule has 0 bridgehead atoms. The van der Waals surface area contributed by atoms with E-state index in [0.717, 1.165) is 30.4 Å². The van der Waals surface area contributed by atoms with Crippen molar-refractivity contribution in [2.45, 2.75) is 44.6 Å². The number of para-hydroxylation sites is 1. The molecule has 1 aromatic heterocycles. The minimum absolute atomic E-state index is 0.0422. The lowest BCUT2D eigenvalue weighted by Gasteiger charge is -2.33. The molecule has 8 heteroatoms. The molecular weight excluding hydrogens is 481 g/mol. The first-order valence-electron chi connectivity index (χ1n) is 12.1. The summed E-state index contributed by atoms with van der Waals surface area (Å²) in [5.74, 6) is 0.526. The molecule has 36 heavy (non-hydrogen) atoms. The van der Waals surface area contributed by atoms with Crippen LogP contribution in [0, 0.1) is 5.82 Å². The summed E-state index contributed by atoms with van der Waals surface area (Å²) in [6.45, 7) is 5.15. The van der Waals surface area contributed by atoms with Gasteiger partial charge in [-0.15, -0.1) is 0 Å². The molecule has 3 heterocycles. The van der Waals surface area contributed by atoms with E-state index in [1.807, 2.05) is 44.2 Å². The van der Waals surface area contributed by atoms with E-state index in [9.17, 15) is 14.0 Å². The van der Waals surface area contributed by atoms with Gasteiger partial charge in [-0.05, 0) is 56.4 Å². The smallest absolute Gasteiger partial charge is 0.271 e. The molecule has 2 aliphatic heterocycles. The predicted molar refractivity (Wildman–Crippen MR) is 139 cm³/mol. The number of likely N-dealkylation sites (tertiary alicyclic amines) is 1. The Morgan fingerprint density at radius 2 is 1.83 bits per heavy atom. The number of rotatable bonds is 4. The van der Waals surface area contributed by atoms with Gasteiger partial charge in [-0.25, -0.2) is 4.39 Å². The van der Waals surface area contributed by atoms with Crippen LogP contribution in [0.4, 0.5) is 15.8 Å². The average molecular weight is 510 g/mol. The standard InChI is InChI=1S/C28H29ClFN3O3/c1-28(2)15-19-5-4-6-22(25(19)36-28)31-24-21(16-32(3)27(35)23(24)29)26(34)33-13-11-18(12-14-33)17-7-9-20(30)10-8-17/h4-10,16,18,31H,11-15H2,1-3H3. The van der Waals surface area contributed by atoms with Crippen LogP contribution in [0.25, 0.3) is 0 Å². The Morgan fingerprint density at radius 1 is 1.14 bits per heavy atom. The second-order valence-corrected chi connectivity index (χ2v) is 10.6. The second kappa shape index (κ2) is 9.28. The fourth-order valence-corrected chi connectivity index (χ4v) is 5.43. The highest BCUT2D eigenvalue weighted by Gasteiger charge is 2.33. The van der Waals surface area contributed by atoms with Crippen LogP contribution in [0.1, 0.15) is 54.1 Å². The molecule has 188 valence electrons. The molecule has 1 fully saturated rings. The summed E-state index contributed by atoms with van der Waals surface area (Å²) in [6, 6.07) is 12.4. The highest BCUT2D eigenvalue weighted by molar-refractivity contribution is 6.34. The Balaban J connectivity index is 1.42. The minimum atomic E-state index is -0.389. The Labute approximate surface area is 214 Å². The summed E-state index contributed by atoms with van der Waals surface area (Å²) < 4.78 is 20.8. The van der Waals surface area contributed by atoms with Gasteiger partial charge in [-0.2, -0.15) is 0 Å². The van der Waals surface area contributed by atoms with E-state index in [1.54, 1.807) is 18.1 Å². The number of hydrogen-bond acceptors (Lipinski definition) is 4. The van der Waals surface area contributed by atoms with Gasteiger partial charge in [-0.3, -0.25) is 9.59 Å². The van der Waals surface area contributed by atoms with Crippen molar-refractivity contribution in [2.75, 3.05) is 18.4 Å². The largest absolute Gasteiger partial charge is 0.485 e. The van der Waals surface area contributed by atoms with Crippen molar-refractivity contribution in [2.24, 2.45) is 7.05 Å². The first-order chi connectivity index (χ1) is 17.1. The number of benzene rings is 2. The third-order valence-electron chi connectivity index (χ3n) is 7.02. The first kappa shape index (κ1) is 24.4. The number of amides is 1. The number of carbonyl (C=O) groups is 1. The quantitative estimate of drug-likeness (QED) is 0.493. The van der Waals surface area contributed by atoms with Crippen molar-refractivity contribution in [3.63, 3.8) is 0 Å².